The Bertz CT molecular complexity index is 766. The highest BCUT2D eigenvalue weighted by molar-refractivity contribution is 6.36. The lowest BCUT2D eigenvalue weighted by Gasteiger charge is -2.09. The molecule has 0 heterocycles. The van der Waals surface area contributed by atoms with Gasteiger partial charge in [0.25, 0.3) is 0 Å². The Kier molecular flexibility index (Phi) is 3.09. The zero-order valence-corrected chi connectivity index (χ0v) is 11.5. The number of halogens is 2. The van der Waals surface area contributed by atoms with Crippen LogP contribution in [0.1, 0.15) is 0 Å². The second-order valence-electron chi connectivity index (χ2n) is 4.41. The molecule has 0 amide bonds. The average molecular weight is 288 g/mol. The molecule has 0 fully saturated rings. The van der Waals surface area contributed by atoms with Gasteiger partial charge in [0.1, 0.15) is 0 Å². The smallest absolute Gasteiger partial charge is 0.0499 e. The van der Waals surface area contributed by atoms with E-state index in [1.165, 1.54) is 0 Å². The van der Waals surface area contributed by atoms with E-state index in [1.807, 2.05) is 42.5 Å². The second kappa shape index (κ2) is 4.76. The summed E-state index contributed by atoms with van der Waals surface area (Å²) in [5.41, 5.74) is 8.79. The predicted molar refractivity (Wildman–Crippen MR) is 83.8 cm³/mol. The van der Waals surface area contributed by atoms with Gasteiger partial charge in [-0.3, -0.25) is 0 Å². The van der Waals surface area contributed by atoms with E-state index < -0.39 is 0 Å². The molecule has 1 nitrogen and oxygen atoms in total. The van der Waals surface area contributed by atoms with Gasteiger partial charge < -0.3 is 5.73 Å². The molecule has 0 aliphatic carbocycles. The third-order valence-corrected chi connectivity index (χ3v) is 3.68. The summed E-state index contributed by atoms with van der Waals surface area (Å²) in [6.45, 7) is 0. The van der Waals surface area contributed by atoms with Crippen LogP contribution in [0.3, 0.4) is 0 Å². The van der Waals surface area contributed by atoms with E-state index in [4.69, 9.17) is 28.9 Å². The van der Waals surface area contributed by atoms with Gasteiger partial charge in [-0.05, 0) is 35.2 Å². The van der Waals surface area contributed by atoms with Crippen LogP contribution in [0.15, 0.2) is 54.6 Å². The fourth-order valence-electron chi connectivity index (χ4n) is 2.22. The molecule has 0 atom stereocenters. The maximum atomic E-state index is 6.24. The second-order valence-corrected chi connectivity index (χ2v) is 5.25. The molecule has 3 aromatic rings. The standard InChI is InChI=1S/C16H11Cl2N/c17-12-5-6-13(15(18)9-12)11-7-10-3-1-2-4-14(10)16(19)8-11/h1-9H,19H2. The molecular weight excluding hydrogens is 277 g/mol. The van der Waals surface area contributed by atoms with E-state index in [0.29, 0.717) is 10.0 Å². The Morgan fingerprint density at radius 1 is 0.842 bits per heavy atom. The lowest BCUT2D eigenvalue weighted by atomic mass is 10.00. The van der Waals surface area contributed by atoms with Gasteiger partial charge in [0.2, 0.25) is 0 Å². The molecule has 2 N–H and O–H groups in total. The van der Waals surface area contributed by atoms with Crippen molar-refractivity contribution in [2.75, 3.05) is 5.73 Å². The van der Waals surface area contributed by atoms with Crippen molar-refractivity contribution in [3.63, 3.8) is 0 Å². The number of anilines is 1. The lowest BCUT2D eigenvalue weighted by molar-refractivity contribution is 1.63. The van der Waals surface area contributed by atoms with E-state index in [-0.39, 0.29) is 0 Å². The molecule has 19 heavy (non-hydrogen) atoms. The minimum atomic E-state index is 0.627. The van der Waals surface area contributed by atoms with E-state index in [9.17, 15) is 0 Å². The van der Waals surface area contributed by atoms with Crippen molar-refractivity contribution in [1.82, 2.24) is 0 Å². The van der Waals surface area contributed by atoms with Crippen molar-refractivity contribution in [2.45, 2.75) is 0 Å². The zero-order chi connectivity index (χ0) is 13.4. The molecule has 0 unspecified atom stereocenters. The Balaban J connectivity index is 2.25. The third kappa shape index (κ3) is 2.27. The first-order chi connectivity index (χ1) is 9.15. The Hall–Kier alpha value is -1.70. The molecule has 3 aromatic carbocycles. The fourth-order valence-corrected chi connectivity index (χ4v) is 2.74. The molecule has 0 radical (unpaired) electrons. The van der Waals surface area contributed by atoms with E-state index in [1.54, 1.807) is 6.07 Å². The van der Waals surface area contributed by atoms with Crippen LogP contribution in [0.5, 0.6) is 0 Å². The Morgan fingerprint density at radius 2 is 1.63 bits per heavy atom. The minimum absolute atomic E-state index is 0.627. The van der Waals surface area contributed by atoms with Crippen molar-refractivity contribution >= 4 is 39.7 Å². The van der Waals surface area contributed by atoms with Gasteiger partial charge in [-0.25, -0.2) is 0 Å². The largest absolute Gasteiger partial charge is 0.398 e. The molecule has 0 saturated carbocycles. The van der Waals surface area contributed by atoms with Crippen LogP contribution in [0.2, 0.25) is 10.0 Å². The van der Waals surface area contributed by atoms with Gasteiger partial charge in [0.05, 0.1) is 0 Å². The van der Waals surface area contributed by atoms with Crippen LogP contribution < -0.4 is 5.73 Å². The first kappa shape index (κ1) is 12.3. The first-order valence-corrected chi connectivity index (χ1v) is 6.64. The molecular formula is C16H11Cl2N. The maximum absolute atomic E-state index is 6.24. The van der Waals surface area contributed by atoms with E-state index in [2.05, 4.69) is 6.07 Å². The van der Waals surface area contributed by atoms with Gasteiger partial charge in [0.15, 0.2) is 0 Å². The predicted octanol–water partition coefficient (Wildman–Crippen LogP) is 5.40. The van der Waals surface area contributed by atoms with Crippen molar-refractivity contribution in [1.29, 1.82) is 0 Å². The number of nitrogens with two attached hydrogens (primary N) is 1. The van der Waals surface area contributed by atoms with Crippen molar-refractivity contribution in [3.05, 3.63) is 64.6 Å². The number of hydrogen-bond donors (Lipinski definition) is 1. The highest BCUT2D eigenvalue weighted by atomic mass is 35.5. The summed E-state index contributed by atoms with van der Waals surface area (Å²) in [5, 5.41) is 3.41. The van der Waals surface area contributed by atoms with Gasteiger partial charge in [0, 0.05) is 26.7 Å². The normalized spacial score (nSPS) is 10.8. The average Bonchev–Trinajstić information content (AvgIpc) is 2.38. The highest BCUT2D eigenvalue weighted by Gasteiger charge is 2.07. The first-order valence-electron chi connectivity index (χ1n) is 5.89. The van der Waals surface area contributed by atoms with Gasteiger partial charge >= 0.3 is 0 Å². The topological polar surface area (TPSA) is 26.0 Å². The SMILES string of the molecule is Nc1cc(-c2ccc(Cl)cc2Cl)cc2ccccc12. The number of rotatable bonds is 1. The van der Waals surface area contributed by atoms with Crippen molar-refractivity contribution in [2.24, 2.45) is 0 Å². The zero-order valence-electron chi connectivity index (χ0n) is 10.0. The summed E-state index contributed by atoms with van der Waals surface area (Å²) in [6.07, 6.45) is 0. The number of fused-ring (bicyclic) bond motifs is 1. The minimum Gasteiger partial charge on any atom is -0.398 e. The summed E-state index contributed by atoms with van der Waals surface area (Å²) in [7, 11) is 0. The number of hydrogen-bond acceptors (Lipinski definition) is 1. The summed E-state index contributed by atoms with van der Waals surface area (Å²) in [4.78, 5) is 0. The number of nitrogen functional groups attached to an aromatic ring is 1. The number of benzene rings is 3. The molecule has 0 bridgehead atoms. The molecule has 0 saturated heterocycles. The third-order valence-electron chi connectivity index (χ3n) is 3.14. The molecule has 3 heteroatoms. The van der Waals surface area contributed by atoms with Gasteiger partial charge in [-0.15, -0.1) is 0 Å². The van der Waals surface area contributed by atoms with Crippen LogP contribution >= 0.6 is 23.2 Å². The van der Waals surface area contributed by atoms with Crippen LogP contribution in [0.4, 0.5) is 5.69 Å². The van der Waals surface area contributed by atoms with E-state index in [0.717, 1.165) is 27.6 Å². The van der Waals surface area contributed by atoms with Crippen molar-refractivity contribution in [3.8, 4) is 11.1 Å². The molecule has 0 spiro atoms. The fraction of sp³-hybridized carbons (Fsp3) is 0. The van der Waals surface area contributed by atoms with Crippen LogP contribution in [0.25, 0.3) is 21.9 Å². The van der Waals surface area contributed by atoms with Crippen LogP contribution in [-0.4, -0.2) is 0 Å². The molecule has 0 aliphatic heterocycles. The molecule has 0 aliphatic rings. The highest BCUT2D eigenvalue weighted by Crippen LogP contribution is 2.34. The molecule has 3 rings (SSSR count). The monoisotopic (exact) mass is 287 g/mol. The molecule has 0 aromatic heterocycles. The lowest BCUT2D eigenvalue weighted by Crippen LogP contribution is -1.89. The Labute approximate surface area is 121 Å². The summed E-state index contributed by atoms with van der Waals surface area (Å²) in [5.74, 6) is 0. The summed E-state index contributed by atoms with van der Waals surface area (Å²) in [6, 6.07) is 17.5. The van der Waals surface area contributed by atoms with Crippen LogP contribution in [-0.2, 0) is 0 Å². The quantitative estimate of drug-likeness (QED) is 0.596. The maximum Gasteiger partial charge on any atom is 0.0499 e. The molecule has 94 valence electrons. The Morgan fingerprint density at radius 3 is 2.42 bits per heavy atom. The summed E-state index contributed by atoms with van der Waals surface area (Å²) < 4.78 is 0. The van der Waals surface area contributed by atoms with Gasteiger partial charge in [-0.2, -0.15) is 0 Å². The summed E-state index contributed by atoms with van der Waals surface area (Å²) >= 11 is 12.2. The van der Waals surface area contributed by atoms with E-state index >= 15 is 0 Å². The van der Waals surface area contributed by atoms with Crippen LogP contribution in [0, 0.1) is 0 Å². The van der Waals surface area contributed by atoms with Gasteiger partial charge in [-0.1, -0.05) is 53.5 Å². The van der Waals surface area contributed by atoms with Crippen molar-refractivity contribution < 1.29 is 0 Å².